The Hall–Kier alpha value is -3.03. The largest absolute Gasteiger partial charge is 0.393 e. The first-order chi connectivity index (χ1) is 15.8. The predicted molar refractivity (Wildman–Crippen MR) is 128 cm³/mol. The fourth-order valence-electron chi connectivity index (χ4n) is 3.83. The highest BCUT2D eigenvalue weighted by molar-refractivity contribution is 6.04. The maximum atomic E-state index is 13.5. The molecule has 0 aliphatic rings. The number of amides is 1. The zero-order chi connectivity index (χ0) is 24.0. The maximum absolute atomic E-state index is 13.5. The first-order valence-corrected chi connectivity index (χ1v) is 11.4. The molecule has 1 aromatic heterocycles. The van der Waals surface area contributed by atoms with E-state index >= 15 is 0 Å². The van der Waals surface area contributed by atoms with Crippen molar-refractivity contribution in [2.75, 3.05) is 5.32 Å². The number of hydrogen-bond acceptors (Lipinski definition) is 4. The van der Waals surface area contributed by atoms with E-state index in [2.05, 4.69) is 5.32 Å². The molecule has 33 heavy (non-hydrogen) atoms. The fourth-order valence-corrected chi connectivity index (χ4v) is 3.83. The molecule has 3 N–H and O–H groups in total. The van der Waals surface area contributed by atoms with Gasteiger partial charge in [-0.3, -0.25) is 4.79 Å². The van der Waals surface area contributed by atoms with Crippen molar-refractivity contribution in [3.63, 3.8) is 0 Å². The van der Waals surface area contributed by atoms with Gasteiger partial charge in [0, 0.05) is 17.7 Å². The van der Waals surface area contributed by atoms with Gasteiger partial charge < -0.3 is 20.1 Å². The Balaban J connectivity index is 1.98. The van der Waals surface area contributed by atoms with E-state index in [1.54, 1.807) is 36.4 Å². The highest BCUT2D eigenvalue weighted by atomic mass is 19.1. The van der Waals surface area contributed by atoms with Crippen molar-refractivity contribution in [2.24, 2.45) is 0 Å². The first kappa shape index (κ1) is 24.6. The second-order valence-corrected chi connectivity index (χ2v) is 8.54. The van der Waals surface area contributed by atoms with Crippen LogP contribution in [0.1, 0.15) is 62.0 Å². The highest BCUT2D eigenvalue weighted by Crippen LogP contribution is 2.32. The third-order valence-electron chi connectivity index (χ3n) is 5.63. The van der Waals surface area contributed by atoms with Crippen LogP contribution in [0.15, 0.2) is 54.6 Å². The second kappa shape index (κ2) is 11.2. The summed E-state index contributed by atoms with van der Waals surface area (Å²) in [5.41, 5.74) is 2.05. The molecule has 0 aliphatic heterocycles. The number of aliphatic hydroxyl groups is 2. The van der Waals surface area contributed by atoms with Crippen molar-refractivity contribution in [1.29, 1.82) is 0 Å². The monoisotopic (exact) mass is 453 g/mol. The van der Waals surface area contributed by atoms with E-state index < -0.39 is 12.2 Å². The average Bonchev–Trinajstić information content (AvgIpc) is 3.16. The number of carbonyl (C=O) groups is 1. The van der Waals surface area contributed by atoms with Crippen molar-refractivity contribution >= 4 is 11.7 Å². The number of imidazole rings is 1. The summed E-state index contributed by atoms with van der Waals surface area (Å²) in [5.74, 6) is 0.448. The summed E-state index contributed by atoms with van der Waals surface area (Å²) in [6.45, 7) is 6.33. The minimum atomic E-state index is -0.675. The molecular formula is C26H32FN3O3. The van der Waals surface area contributed by atoms with Crippen LogP contribution < -0.4 is 5.32 Å². The molecule has 0 saturated carbocycles. The summed E-state index contributed by atoms with van der Waals surface area (Å²) in [7, 11) is 0. The van der Waals surface area contributed by atoms with E-state index in [1.165, 1.54) is 12.1 Å². The molecule has 1 heterocycles. The van der Waals surface area contributed by atoms with Gasteiger partial charge in [0.2, 0.25) is 0 Å². The number of carbonyl (C=O) groups excluding carboxylic acids is 1. The van der Waals surface area contributed by atoms with Gasteiger partial charge in [-0.15, -0.1) is 0 Å². The highest BCUT2D eigenvalue weighted by Gasteiger charge is 2.23. The zero-order valence-corrected chi connectivity index (χ0v) is 19.3. The molecule has 176 valence electrons. The van der Waals surface area contributed by atoms with Crippen LogP contribution in [0, 0.1) is 5.82 Å². The van der Waals surface area contributed by atoms with Crippen molar-refractivity contribution in [2.45, 2.75) is 64.7 Å². The van der Waals surface area contributed by atoms with Gasteiger partial charge in [0.05, 0.1) is 17.9 Å². The van der Waals surface area contributed by atoms with Gasteiger partial charge >= 0.3 is 0 Å². The van der Waals surface area contributed by atoms with Crippen molar-refractivity contribution in [1.82, 2.24) is 9.55 Å². The quantitative estimate of drug-likeness (QED) is 0.404. The normalized spacial score (nSPS) is 13.2. The maximum Gasteiger partial charge on any atom is 0.256 e. The Bertz CT molecular complexity index is 1050. The van der Waals surface area contributed by atoms with Gasteiger partial charge in [-0.05, 0) is 61.6 Å². The molecule has 0 bridgehead atoms. The molecule has 2 atom stereocenters. The van der Waals surface area contributed by atoms with Gasteiger partial charge in [-0.1, -0.05) is 39.0 Å². The van der Waals surface area contributed by atoms with E-state index in [-0.39, 0.29) is 17.6 Å². The second-order valence-electron chi connectivity index (χ2n) is 8.54. The van der Waals surface area contributed by atoms with Crippen LogP contribution in [-0.4, -0.2) is 37.9 Å². The number of anilines is 1. The Labute approximate surface area is 194 Å². The third kappa shape index (κ3) is 6.27. The summed E-state index contributed by atoms with van der Waals surface area (Å²) < 4.78 is 15.5. The standard InChI is InChI=1S/C26H32FN3O3/c1-4-21(31)16-22(32)14-15-30-23(17(2)3)24(29-26(33)19-8-6-5-7-9-19)28-25(30)18-10-12-20(27)13-11-18/h5-13,17,21-22,31-32H,4,14-16H2,1-3H3,(H,29,33). The SMILES string of the molecule is CCC(O)CC(O)CCn1c(-c2ccc(F)cc2)nc(NC(=O)c2ccccc2)c1C(C)C. The number of aromatic nitrogens is 2. The molecule has 0 saturated heterocycles. The van der Waals surface area contributed by atoms with E-state index in [9.17, 15) is 19.4 Å². The van der Waals surface area contributed by atoms with Crippen molar-refractivity contribution in [3.8, 4) is 11.4 Å². The molecule has 0 radical (unpaired) electrons. The van der Waals surface area contributed by atoms with Gasteiger partial charge in [-0.2, -0.15) is 0 Å². The number of halogens is 1. The Kier molecular flexibility index (Phi) is 8.36. The molecule has 0 fully saturated rings. The Morgan fingerprint density at radius 1 is 1.06 bits per heavy atom. The van der Waals surface area contributed by atoms with Crippen LogP contribution in [0.3, 0.4) is 0 Å². The lowest BCUT2D eigenvalue weighted by Gasteiger charge is -2.19. The lowest BCUT2D eigenvalue weighted by Crippen LogP contribution is -2.20. The van der Waals surface area contributed by atoms with E-state index in [0.717, 1.165) is 5.69 Å². The number of rotatable bonds is 10. The van der Waals surface area contributed by atoms with Crippen LogP contribution in [0.25, 0.3) is 11.4 Å². The van der Waals surface area contributed by atoms with Gasteiger partial charge in [0.25, 0.3) is 5.91 Å². The third-order valence-corrected chi connectivity index (χ3v) is 5.63. The predicted octanol–water partition coefficient (Wildman–Crippen LogP) is 4.98. The Morgan fingerprint density at radius 3 is 2.33 bits per heavy atom. The Morgan fingerprint density at radius 2 is 1.73 bits per heavy atom. The van der Waals surface area contributed by atoms with Gasteiger partial charge in [0.15, 0.2) is 5.82 Å². The van der Waals surface area contributed by atoms with Gasteiger partial charge in [0.1, 0.15) is 11.6 Å². The van der Waals surface area contributed by atoms with Crippen LogP contribution in [0.5, 0.6) is 0 Å². The number of benzene rings is 2. The van der Waals surface area contributed by atoms with Crippen LogP contribution in [0.2, 0.25) is 0 Å². The molecule has 1 amide bonds. The average molecular weight is 454 g/mol. The summed E-state index contributed by atoms with van der Waals surface area (Å²) in [6, 6.07) is 15.0. The van der Waals surface area contributed by atoms with E-state index in [0.29, 0.717) is 48.6 Å². The van der Waals surface area contributed by atoms with Crippen molar-refractivity contribution in [3.05, 3.63) is 71.7 Å². The van der Waals surface area contributed by atoms with Crippen LogP contribution in [0.4, 0.5) is 10.2 Å². The summed E-state index contributed by atoms with van der Waals surface area (Å²) in [6.07, 6.45) is 0.0602. The van der Waals surface area contributed by atoms with Crippen molar-refractivity contribution < 1.29 is 19.4 Å². The van der Waals surface area contributed by atoms with E-state index in [4.69, 9.17) is 4.98 Å². The van der Waals surface area contributed by atoms with E-state index in [1.807, 2.05) is 31.4 Å². The molecule has 0 spiro atoms. The lowest BCUT2D eigenvalue weighted by atomic mass is 10.1. The fraction of sp³-hybridized carbons (Fsp3) is 0.385. The summed E-state index contributed by atoms with van der Waals surface area (Å²) in [5, 5.41) is 23.2. The molecule has 2 aromatic carbocycles. The molecule has 7 heteroatoms. The number of hydrogen-bond donors (Lipinski definition) is 3. The topological polar surface area (TPSA) is 87.4 Å². The first-order valence-electron chi connectivity index (χ1n) is 11.4. The van der Waals surface area contributed by atoms with Gasteiger partial charge in [-0.25, -0.2) is 9.37 Å². The van der Waals surface area contributed by atoms with Crippen LogP contribution >= 0.6 is 0 Å². The number of aliphatic hydroxyl groups excluding tert-OH is 2. The minimum Gasteiger partial charge on any atom is -0.393 e. The smallest absolute Gasteiger partial charge is 0.256 e. The summed E-state index contributed by atoms with van der Waals surface area (Å²) >= 11 is 0. The molecule has 2 unspecified atom stereocenters. The molecule has 6 nitrogen and oxygen atoms in total. The molecule has 3 rings (SSSR count). The zero-order valence-electron chi connectivity index (χ0n) is 19.3. The molecule has 3 aromatic rings. The number of nitrogens with zero attached hydrogens (tertiary/aromatic N) is 2. The number of nitrogens with one attached hydrogen (secondary N) is 1. The molecule has 0 aliphatic carbocycles. The minimum absolute atomic E-state index is 0.0242. The summed E-state index contributed by atoms with van der Waals surface area (Å²) in [4.78, 5) is 17.6. The lowest BCUT2D eigenvalue weighted by molar-refractivity contribution is 0.0711. The van der Waals surface area contributed by atoms with Crippen LogP contribution in [-0.2, 0) is 6.54 Å². The molecular weight excluding hydrogens is 421 g/mol.